The highest BCUT2D eigenvalue weighted by atomic mass is 32.2. The molecule has 4 heteroatoms. The minimum atomic E-state index is 0.661. The third-order valence-electron chi connectivity index (χ3n) is 1.78. The van der Waals surface area contributed by atoms with Gasteiger partial charge in [0.2, 0.25) is 0 Å². The first-order chi connectivity index (χ1) is 5.24. The van der Waals surface area contributed by atoms with E-state index in [0.717, 1.165) is 18.8 Å². The van der Waals surface area contributed by atoms with Crippen molar-refractivity contribution in [1.29, 1.82) is 0 Å². The third kappa shape index (κ3) is 2.22. The molecule has 62 valence electrons. The summed E-state index contributed by atoms with van der Waals surface area (Å²) in [6, 6.07) is 0. The van der Waals surface area contributed by atoms with E-state index in [1.165, 1.54) is 18.2 Å². The molecule has 0 aromatic heterocycles. The van der Waals surface area contributed by atoms with Gasteiger partial charge in [0.15, 0.2) is 0 Å². The summed E-state index contributed by atoms with van der Waals surface area (Å²) in [5, 5.41) is 0.661. The van der Waals surface area contributed by atoms with Crippen LogP contribution in [0.2, 0.25) is 0 Å². The number of hydrogen-bond donors (Lipinski definition) is 1. The Morgan fingerprint density at radius 1 is 1.73 bits per heavy atom. The van der Waals surface area contributed by atoms with Crippen LogP contribution in [0, 0.1) is 0 Å². The molecular weight excluding hydrogens is 158 g/mol. The molecule has 0 spiro atoms. The van der Waals surface area contributed by atoms with Crippen LogP contribution in [0.4, 0.5) is 0 Å². The van der Waals surface area contributed by atoms with E-state index in [-0.39, 0.29) is 0 Å². The number of nitrogens with zero attached hydrogens (tertiary/aromatic N) is 2. The molecule has 0 unspecified atom stereocenters. The predicted octanol–water partition coefficient (Wildman–Crippen LogP) is 0.499. The van der Waals surface area contributed by atoms with E-state index >= 15 is 0 Å². The van der Waals surface area contributed by atoms with Crippen molar-refractivity contribution >= 4 is 22.8 Å². The Bertz CT molecular complexity index is 208. The molecule has 0 saturated carbocycles. The van der Waals surface area contributed by atoms with Gasteiger partial charge in [0.25, 0.3) is 11.0 Å². The number of nitrogens with two attached hydrogens (primary N) is 1. The Hall–Kier alpha value is -0.510. The summed E-state index contributed by atoms with van der Waals surface area (Å²) in [6.45, 7) is 1.11. The van der Waals surface area contributed by atoms with E-state index in [0.29, 0.717) is 5.17 Å². The van der Waals surface area contributed by atoms with Crippen molar-refractivity contribution < 1.29 is 4.58 Å². The molecule has 0 radical (unpaired) electrons. The SMILES string of the molecule is CSC(N)=NC1=[N+](C)CCC1. The van der Waals surface area contributed by atoms with Crippen molar-refractivity contribution in [2.45, 2.75) is 12.8 Å². The van der Waals surface area contributed by atoms with Crippen molar-refractivity contribution in [1.82, 2.24) is 0 Å². The second-order valence-corrected chi connectivity index (χ2v) is 3.42. The first-order valence-electron chi connectivity index (χ1n) is 3.69. The molecule has 2 N–H and O–H groups in total. The van der Waals surface area contributed by atoms with Crippen LogP contribution in [0.25, 0.3) is 0 Å². The summed E-state index contributed by atoms with van der Waals surface area (Å²) in [7, 11) is 2.06. The molecule has 0 amide bonds. The first kappa shape index (κ1) is 8.59. The van der Waals surface area contributed by atoms with Gasteiger partial charge in [0, 0.05) is 0 Å². The van der Waals surface area contributed by atoms with Gasteiger partial charge in [-0.05, 0) is 17.7 Å². The molecule has 0 saturated heterocycles. The maximum Gasteiger partial charge on any atom is 0.297 e. The lowest BCUT2D eigenvalue weighted by Gasteiger charge is -1.89. The van der Waals surface area contributed by atoms with Gasteiger partial charge < -0.3 is 5.73 Å². The zero-order valence-electron chi connectivity index (χ0n) is 7.00. The molecule has 0 bridgehead atoms. The fourth-order valence-corrected chi connectivity index (χ4v) is 1.31. The Morgan fingerprint density at radius 3 is 2.91 bits per heavy atom. The van der Waals surface area contributed by atoms with Crippen molar-refractivity contribution in [3.63, 3.8) is 0 Å². The van der Waals surface area contributed by atoms with Crippen molar-refractivity contribution in [2.75, 3.05) is 19.8 Å². The van der Waals surface area contributed by atoms with E-state index in [2.05, 4.69) is 16.6 Å². The minimum absolute atomic E-state index is 0.661. The van der Waals surface area contributed by atoms with Crippen molar-refractivity contribution in [2.24, 2.45) is 10.7 Å². The summed E-state index contributed by atoms with van der Waals surface area (Å²) in [5.41, 5.74) is 5.58. The van der Waals surface area contributed by atoms with Crippen LogP contribution >= 0.6 is 11.8 Å². The zero-order chi connectivity index (χ0) is 8.27. The number of thioether (sulfide) groups is 1. The Labute approximate surface area is 71.4 Å². The van der Waals surface area contributed by atoms with Gasteiger partial charge in [-0.25, -0.2) is 0 Å². The standard InChI is InChI=1S/C7H13N3S/c1-10-5-3-4-6(10)9-7(8)11-2/h8H,3-5H2,1-2H3/p+1. The number of rotatable bonds is 0. The van der Waals surface area contributed by atoms with E-state index in [9.17, 15) is 0 Å². The monoisotopic (exact) mass is 172 g/mol. The van der Waals surface area contributed by atoms with E-state index in [1.54, 1.807) is 0 Å². The zero-order valence-corrected chi connectivity index (χ0v) is 7.82. The first-order valence-corrected chi connectivity index (χ1v) is 4.91. The average molecular weight is 172 g/mol. The second kappa shape index (κ2) is 3.76. The number of hydrogen-bond acceptors (Lipinski definition) is 2. The molecule has 1 aliphatic rings. The summed E-state index contributed by atoms with van der Waals surface area (Å²) in [5.74, 6) is 1.12. The maximum atomic E-state index is 5.58. The summed E-state index contributed by atoms with van der Waals surface area (Å²) >= 11 is 1.49. The number of aliphatic imine (C=N–C) groups is 1. The molecule has 1 aliphatic heterocycles. The van der Waals surface area contributed by atoms with Gasteiger partial charge in [-0.15, -0.1) is 0 Å². The van der Waals surface area contributed by atoms with Crippen LogP contribution in [0.1, 0.15) is 12.8 Å². The molecule has 0 fully saturated rings. The Balaban J connectivity index is 2.68. The molecule has 0 atom stereocenters. The molecule has 3 nitrogen and oxygen atoms in total. The normalized spacial score (nSPS) is 19.6. The van der Waals surface area contributed by atoms with E-state index < -0.39 is 0 Å². The van der Waals surface area contributed by atoms with Gasteiger partial charge in [-0.3, -0.25) is 4.58 Å². The van der Waals surface area contributed by atoms with Crippen LogP contribution in [0.3, 0.4) is 0 Å². The molecule has 0 aliphatic carbocycles. The summed E-state index contributed by atoms with van der Waals surface area (Å²) in [6.07, 6.45) is 4.21. The molecule has 0 aromatic carbocycles. The topological polar surface area (TPSA) is 41.4 Å². The highest BCUT2D eigenvalue weighted by molar-refractivity contribution is 8.13. The van der Waals surface area contributed by atoms with Gasteiger partial charge >= 0.3 is 0 Å². The largest absolute Gasteiger partial charge is 0.357 e. The second-order valence-electron chi connectivity index (χ2n) is 2.60. The van der Waals surface area contributed by atoms with Gasteiger partial charge in [0.1, 0.15) is 0 Å². The lowest BCUT2D eigenvalue weighted by molar-refractivity contribution is -0.489. The van der Waals surface area contributed by atoms with Crippen molar-refractivity contribution in [3.8, 4) is 0 Å². The summed E-state index contributed by atoms with van der Waals surface area (Å²) in [4.78, 5) is 4.28. The maximum absolute atomic E-state index is 5.58. The Morgan fingerprint density at radius 2 is 2.45 bits per heavy atom. The molecule has 0 aromatic rings. The quantitative estimate of drug-likeness (QED) is 0.328. The number of amidine groups is 2. The highest BCUT2D eigenvalue weighted by Gasteiger charge is 2.18. The smallest absolute Gasteiger partial charge is 0.297 e. The lowest BCUT2D eigenvalue weighted by atomic mass is 10.3. The molecule has 11 heavy (non-hydrogen) atoms. The molecule has 1 rings (SSSR count). The van der Waals surface area contributed by atoms with Gasteiger partial charge in [-0.1, -0.05) is 11.8 Å². The van der Waals surface area contributed by atoms with Crippen LogP contribution in [-0.2, 0) is 0 Å². The fraction of sp³-hybridized carbons (Fsp3) is 0.714. The van der Waals surface area contributed by atoms with Crippen LogP contribution in [0.15, 0.2) is 4.99 Å². The highest BCUT2D eigenvalue weighted by Crippen LogP contribution is 2.05. The molecule has 1 heterocycles. The fourth-order valence-electron chi connectivity index (χ4n) is 1.11. The average Bonchev–Trinajstić information content (AvgIpc) is 2.37. The van der Waals surface area contributed by atoms with Crippen LogP contribution in [0.5, 0.6) is 0 Å². The lowest BCUT2D eigenvalue weighted by Crippen LogP contribution is -2.13. The predicted molar refractivity (Wildman–Crippen MR) is 50.4 cm³/mol. The van der Waals surface area contributed by atoms with Crippen LogP contribution < -0.4 is 5.73 Å². The molecular formula is C7H14N3S+. The Kier molecular flexibility index (Phi) is 2.93. The van der Waals surface area contributed by atoms with Gasteiger partial charge in [-0.2, -0.15) is 0 Å². The third-order valence-corrected chi connectivity index (χ3v) is 2.29. The van der Waals surface area contributed by atoms with Crippen molar-refractivity contribution in [3.05, 3.63) is 0 Å². The van der Waals surface area contributed by atoms with E-state index in [4.69, 9.17) is 5.73 Å². The van der Waals surface area contributed by atoms with E-state index in [1.807, 2.05) is 6.26 Å². The van der Waals surface area contributed by atoms with Gasteiger partial charge in [0.05, 0.1) is 20.0 Å². The summed E-state index contributed by atoms with van der Waals surface area (Å²) < 4.78 is 2.16. The minimum Gasteiger partial charge on any atom is -0.357 e. The van der Waals surface area contributed by atoms with Crippen LogP contribution in [-0.4, -0.2) is 35.4 Å².